The van der Waals surface area contributed by atoms with Crippen LogP contribution in [0.3, 0.4) is 0 Å². The number of hydrogen-bond acceptors (Lipinski definition) is 4. The highest BCUT2D eigenvalue weighted by Gasteiger charge is 2.09. The third-order valence-corrected chi connectivity index (χ3v) is 2.23. The van der Waals surface area contributed by atoms with Gasteiger partial charge in [0.15, 0.2) is 0 Å². The number of rotatable bonds is 6. The molecule has 6 nitrogen and oxygen atoms in total. The highest BCUT2D eigenvalue weighted by atomic mass is 16.5. The van der Waals surface area contributed by atoms with Crippen molar-refractivity contribution < 1.29 is 19.4 Å². The van der Waals surface area contributed by atoms with Crippen molar-refractivity contribution in [2.45, 2.75) is 13.8 Å². The molecule has 2 N–H and O–H groups in total. The van der Waals surface area contributed by atoms with Crippen LogP contribution in [0.4, 0.5) is 0 Å². The molecule has 0 radical (unpaired) electrons. The molecule has 0 atom stereocenters. The molecule has 0 fully saturated rings. The Morgan fingerprint density at radius 3 is 2.72 bits per heavy atom. The molecule has 1 amide bonds. The van der Waals surface area contributed by atoms with Crippen molar-refractivity contribution in [1.82, 2.24) is 10.3 Å². The number of carboxylic acids is 1. The largest absolute Gasteiger partial charge is 0.480 e. The maximum atomic E-state index is 11.8. The van der Waals surface area contributed by atoms with Gasteiger partial charge in [-0.15, -0.1) is 0 Å². The van der Waals surface area contributed by atoms with Crippen LogP contribution >= 0.6 is 0 Å². The summed E-state index contributed by atoms with van der Waals surface area (Å²) < 4.78 is 4.80. The van der Waals surface area contributed by atoms with Crippen molar-refractivity contribution in [3.8, 4) is 0 Å². The number of amides is 1. The highest BCUT2D eigenvalue weighted by Crippen LogP contribution is 2.05. The summed E-state index contributed by atoms with van der Waals surface area (Å²) in [6.07, 6.45) is 0. The Balaban J connectivity index is 2.39. The van der Waals surface area contributed by atoms with Crippen LogP contribution in [0.2, 0.25) is 0 Å². The summed E-state index contributed by atoms with van der Waals surface area (Å²) >= 11 is 0. The van der Waals surface area contributed by atoms with Crippen molar-refractivity contribution in [2.24, 2.45) is 0 Å². The Bertz CT molecular complexity index is 446. The van der Waals surface area contributed by atoms with E-state index in [0.717, 1.165) is 5.69 Å². The summed E-state index contributed by atoms with van der Waals surface area (Å²) in [6, 6.07) is 3.48. The number of pyridine rings is 1. The summed E-state index contributed by atoms with van der Waals surface area (Å²) in [5, 5.41) is 11.0. The maximum absolute atomic E-state index is 11.8. The smallest absolute Gasteiger partial charge is 0.329 e. The maximum Gasteiger partial charge on any atom is 0.329 e. The van der Waals surface area contributed by atoms with Gasteiger partial charge in [0, 0.05) is 12.2 Å². The topological polar surface area (TPSA) is 88.5 Å². The highest BCUT2D eigenvalue weighted by molar-refractivity contribution is 5.95. The predicted molar refractivity (Wildman–Crippen MR) is 64.5 cm³/mol. The van der Waals surface area contributed by atoms with Crippen LogP contribution in [0.5, 0.6) is 0 Å². The van der Waals surface area contributed by atoms with E-state index in [-0.39, 0.29) is 25.7 Å². The zero-order valence-corrected chi connectivity index (χ0v) is 10.4. The van der Waals surface area contributed by atoms with E-state index in [1.54, 1.807) is 19.1 Å². The molecule has 1 aromatic rings. The van der Waals surface area contributed by atoms with Crippen LogP contribution < -0.4 is 5.32 Å². The van der Waals surface area contributed by atoms with Crippen LogP contribution in [-0.2, 0) is 9.53 Å². The van der Waals surface area contributed by atoms with Gasteiger partial charge >= 0.3 is 5.97 Å². The number of carboxylic acid groups (broad SMARTS) is 1. The Morgan fingerprint density at radius 1 is 1.39 bits per heavy atom. The summed E-state index contributed by atoms with van der Waals surface area (Å²) in [6.45, 7) is 3.69. The summed E-state index contributed by atoms with van der Waals surface area (Å²) in [5.74, 6) is -1.26. The Labute approximate surface area is 105 Å². The molecule has 0 saturated carbocycles. The fourth-order valence-corrected chi connectivity index (χ4v) is 1.42. The molecule has 0 unspecified atom stereocenters. The number of aliphatic carboxylic acids is 1. The summed E-state index contributed by atoms with van der Waals surface area (Å²) in [4.78, 5) is 26.1. The Hall–Kier alpha value is -1.95. The number of ether oxygens (including phenoxy) is 1. The Morgan fingerprint density at radius 2 is 2.11 bits per heavy atom. The van der Waals surface area contributed by atoms with Crippen molar-refractivity contribution in [3.63, 3.8) is 0 Å². The predicted octanol–water partition coefficient (Wildman–Crippen LogP) is 0.529. The first kappa shape index (κ1) is 14.1. The van der Waals surface area contributed by atoms with Gasteiger partial charge in [0.05, 0.1) is 17.9 Å². The van der Waals surface area contributed by atoms with Crippen LogP contribution in [-0.4, -0.2) is 41.7 Å². The van der Waals surface area contributed by atoms with E-state index in [0.29, 0.717) is 11.3 Å². The molecule has 0 aliphatic rings. The van der Waals surface area contributed by atoms with Crippen molar-refractivity contribution >= 4 is 11.9 Å². The Kier molecular flexibility index (Phi) is 5.26. The van der Waals surface area contributed by atoms with E-state index in [1.165, 1.54) is 0 Å². The van der Waals surface area contributed by atoms with Gasteiger partial charge < -0.3 is 15.2 Å². The molecular formula is C12H16N2O4. The molecule has 0 aliphatic heterocycles. The lowest BCUT2D eigenvalue weighted by Gasteiger charge is -2.07. The minimum atomic E-state index is -1.03. The monoisotopic (exact) mass is 252 g/mol. The molecule has 0 aliphatic carbocycles. The van der Waals surface area contributed by atoms with Crippen LogP contribution in [0.1, 0.15) is 21.7 Å². The van der Waals surface area contributed by atoms with Crippen LogP contribution in [0.15, 0.2) is 12.1 Å². The quantitative estimate of drug-likeness (QED) is 0.721. The molecule has 1 heterocycles. The van der Waals surface area contributed by atoms with Gasteiger partial charge in [-0.2, -0.15) is 0 Å². The number of aryl methyl sites for hydroxylation is 2. The van der Waals surface area contributed by atoms with Crippen LogP contribution in [0, 0.1) is 13.8 Å². The van der Waals surface area contributed by atoms with Crippen molar-refractivity contribution in [3.05, 3.63) is 29.1 Å². The molecule has 0 saturated heterocycles. The van der Waals surface area contributed by atoms with E-state index < -0.39 is 5.97 Å². The lowest BCUT2D eigenvalue weighted by molar-refractivity contribution is -0.142. The summed E-state index contributed by atoms with van der Waals surface area (Å²) in [5.41, 5.74) is 2.03. The zero-order chi connectivity index (χ0) is 13.5. The van der Waals surface area contributed by atoms with Gasteiger partial charge in [-0.1, -0.05) is 0 Å². The third-order valence-electron chi connectivity index (χ3n) is 2.23. The molecular weight excluding hydrogens is 236 g/mol. The fourth-order valence-electron chi connectivity index (χ4n) is 1.42. The number of carbonyl (C=O) groups excluding carboxylic acids is 1. The first-order valence-electron chi connectivity index (χ1n) is 5.52. The van der Waals surface area contributed by atoms with Gasteiger partial charge in [-0.3, -0.25) is 9.78 Å². The van der Waals surface area contributed by atoms with Crippen molar-refractivity contribution in [1.29, 1.82) is 0 Å². The minimum absolute atomic E-state index is 0.163. The number of nitrogens with zero attached hydrogens (tertiary/aromatic N) is 1. The SMILES string of the molecule is Cc1ccc(C(=O)NCCOCC(=O)O)c(C)n1. The second-order valence-electron chi connectivity index (χ2n) is 3.79. The second kappa shape index (κ2) is 6.70. The van der Waals surface area contributed by atoms with Gasteiger partial charge in [-0.25, -0.2) is 4.79 Å². The molecule has 6 heteroatoms. The van der Waals surface area contributed by atoms with Gasteiger partial charge in [0.2, 0.25) is 0 Å². The van der Waals surface area contributed by atoms with Gasteiger partial charge in [0.1, 0.15) is 6.61 Å². The molecule has 98 valence electrons. The first-order valence-corrected chi connectivity index (χ1v) is 5.52. The molecule has 0 spiro atoms. The number of nitrogens with one attached hydrogen (secondary N) is 1. The second-order valence-corrected chi connectivity index (χ2v) is 3.79. The normalized spacial score (nSPS) is 10.1. The fraction of sp³-hybridized carbons (Fsp3) is 0.417. The van der Waals surface area contributed by atoms with Crippen LogP contribution in [0.25, 0.3) is 0 Å². The van der Waals surface area contributed by atoms with E-state index >= 15 is 0 Å². The van der Waals surface area contributed by atoms with E-state index in [1.807, 2.05) is 6.92 Å². The molecule has 0 aromatic carbocycles. The molecule has 1 aromatic heterocycles. The van der Waals surface area contributed by atoms with E-state index in [4.69, 9.17) is 9.84 Å². The van der Waals surface area contributed by atoms with Gasteiger partial charge in [0.25, 0.3) is 5.91 Å². The van der Waals surface area contributed by atoms with E-state index in [2.05, 4.69) is 10.3 Å². The molecule has 18 heavy (non-hydrogen) atoms. The summed E-state index contributed by atoms with van der Waals surface area (Å²) in [7, 11) is 0. The number of aromatic nitrogens is 1. The molecule has 1 rings (SSSR count). The number of carbonyl (C=O) groups is 2. The lowest BCUT2D eigenvalue weighted by Crippen LogP contribution is -2.28. The first-order chi connectivity index (χ1) is 8.50. The van der Waals surface area contributed by atoms with E-state index in [9.17, 15) is 9.59 Å². The number of hydrogen-bond donors (Lipinski definition) is 2. The molecule has 0 bridgehead atoms. The minimum Gasteiger partial charge on any atom is -0.480 e. The zero-order valence-electron chi connectivity index (χ0n) is 10.4. The van der Waals surface area contributed by atoms with Crippen molar-refractivity contribution in [2.75, 3.05) is 19.8 Å². The third kappa shape index (κ3) is 4.50. The average molecular weight is 252 g/mol. The van der Waals surface area contributed by atoms with Gasteiger partial charge in [-0.05, 0) is 26.0 Å². The average Bonchev–Trinajstić information content (AvgIpc) is 2.27. The standard InChI is InChI=1S/C12H16N2O4/c1-8-3-4-10(9(2)14-8)12(17)13-5-6-18-7-11(15)16/h3-4H,5-7H2,1-2H3,(H,13,17)(H,15,16). The lowest BCUT2D eigenvalue weighted by atomic mass is 10.2.